The van der Waals surface area contributed by atoms with E-state index < -0.39 is 5.91 Å². The van der Waals surface area contributed by atoms with Crippen LogP contribution in [0.1, 0.15) is 15.9 Å². The van der Waals surface area contributed by atoms with Gasteiger partial charge in [0.2, 0.25) is 0 Å². The second-order valence-corrected chi connectivity index (χ2v) is 6.66. The van der Waals surface area contributed by atoms with Gasteiger partial charge in [0.15, 0.2) is 0 Å². The third kappa shape index (κ3) is 2.91. The van der Waals surface area contributed by atoms with E-state index in [2.05, 4.69) is 34.1 Å². The molecule has 2 aromatic rings. The Balaban J connectivity index is 1.44. The summed E-state index contributed by atoms with van der Waals surface area (Å²) < 4.78 is 0. The highest BCUT2D eigenvalue weighted by Crippen LogP contribution is 2.30. The number of benzene rings is 2. The Morgan fingerprint density at radius 2 is 1.64 bits per heavy atom. The molecule has 0 saturated carbocycles. The number of rotatable bonds is 3. The van der Waals surface area contributed by atoms with Gasteiger partial charge in [-0.1, -0.05) is 29.8 Å². The van der Waals surface area contributed by atoms with Crippen molar-refractivity contribution in [2.45, 2.75) is 6.92 Å². The fraction of sp³-hybridized carbons (Fsp3) is 0.300. The lowest BCUT2D eigenvalue weighted by atomic mass is 10.1. The van der Waals surface area contributed by atoms with Crippen molar-refractivity contribution in [2.75, 3.05) is 42.6 Å². The first-order valence-electron chi connectivity index (χ1n) is 8.63. The second kappa shape index (κ2) is 6.33. The van der Waals surface area contributed by atoms with Gasteiger partial charge >= 0.3 is 5.91 Å². The molecule has 25 heavy (non-hydrogen) atoms. The van der Waals surface area contributed by atoms with E-state index in [1.807, 2.05) is 31.2 Å². The third-order valence-corrected chi connectivity index (χ3v) is 4.96. The lowest BCUT2D eigenvalue weighted by Gasteiger charge is -2.37. The standard InChI is InChI=1S/C20H21N3O2/c1-15-7-8-18-17(13-15)19(24)20(25)23(18)14-21-9-11-22(12-10-21)16-5-3-2-4-6-16/h2-8,13H,9-12,14H2,1H3. The lowest BCUT2D eigenvalue weighted by molar-refractivity contribution is -0.114. The van der Waals surface area contributed by atoms with Gasteiger partial charge in [-0.2, -0.15) is 0 Å². The molecule has 0 N–H and O–H groups in total. The summed E-state index contributed by atoms with van der Waals surface area (Å²) in [6.07, 6.45) is 0. The molecule has 0 unspecified atom stereocenters. The maximum absolute atomic E-state index is 12.4. The largest absolute Gasteiger partial charge is 0.369 e. The van der Waals surface area contributed by atoms with Crippen LogP contribution in [0.25, 0.3) is 0 Å². The molecule has 0 aromatic heterocycles. The Morgan fingerprint density at radius 3 is 2.36 bits per heavy atom. The highest BCUT2D eigenvalue weighted by Gasteiger charge is 2.36. The van der Waals surface area contributed by atoms with E-state index >= 15 is 0 Å². The number of Topliss-reactive ketones (excluding diaryl/α,β-unsaturated/α-hetero) is 1. The first-order valence-corrected chi connectivity index (χ1v) is 8.63. The van der Waals surface area contributed by atoms with E-state index in [0.29, 0.717) is 12.2 Å². The topological polar surface area (TPSA) is 43.9 Å². The number of amides is 1. The Bertz CT molecular complexity index is 811. The van der Waals surface area contributed by atoms with Crippen molar-refractivity contribution in [1.82, 2.24) is 4.90 Å². The van der Waals surface area contributed by atoms with Gasteiger partial charge in [-0.15, -0.1) is 0 Å². The molecule has 2 aliphatic heterocycles. The Hall–Kier alpha value is -2.66. The predicted molar refractivity (Wildman–Crippen MR) is 98.1 cm³/mol. The Morgan fingerprint density at radius 1 is 0.920 bits per heavy atom. The minimum absolute atomic E-state index is 0.387. The van der Waals surface area contributed by atoms with E-state index in [1.165, 1.54) is 5.69 Å². The number of anilines is 2. The molecule has 2 aliphatic rings. The van der Waals surface area contributed by atoms with Crippen LogP contribution in [0, 0.1) is 6.92 Å². The highest BCUT2D eigenvalue weighted by molar-refractivity contribution is 6.52. The van der Waals surface area contributed by atoms with Gasteiger partial charge in [0.05, 0.1) is 17.9 Å². The average molecular weight is 335 g/mol. The van der Waals surface area contributed by atoms with Crippen LogP contribution >= 0.6 is 0 Å². The normalized spacial score (nSPS) is 18.0. The van der Waals surface area contributed by atoms with Crippen LogP contribution in [0.2, 0.25) is 0 Å². The highest BCUT2D eigenvalue weighted by atomic mass is 16.2. The first-order chi connectivity index (χ1) is 12.1. The molecule has 1 amide bonds. The van der Waals surface area contributed by atoms with Crippen LogP contribution in [0.5, 0.6) is 0 Å². The molecule has 0 spiro atoms. The molecule has 2 aromatic carbocycles. The zero-order valence-electron chi connectivity index (χ0n) is 14.3. The number of para-hydroxylation sites is 1. The Kier molecular flexibility index (Phi) is 4.01. The minimum Gasteiger partial charge on any atom is -0.369 e. The number of hydrogen-bond donors (Lipinski definition) is 0. The SMILES string of the molecule is Cc1ccc2c(c1)C(=O)C(=O)N2CN1CCN(c2ccccc2)CC1. The molecule has 0 bridgehead atoms. The molecule has 1 fully saturated rings. The van der Waals surface area contributed by atoms with Gasteiger partial charge in [-0.05, 0) is 31.2 Å². The van der Waals surface area contributed by atoms with Gasteiger partial charge < -0.3 is 4.90 Å². The second-order valence-electron chi connectivity index (χ2n) is 6.66. The molecule has 2 heterocycles. The predicted octanol–water partition coefficient (Wildman–Crippen LogP) is 2.30. The molecule has 0 radical (unpaired) electrons. The summed E-state index contributed by atoms with van der Waals surface area (Å²) in [7, 11) is 0. The molecule has 5 nitrogen and oxygen atoms in total. The number of piperazine rings is 1. The first kappa shape index (κ1) is 15.8. The summed E-state index contributed by atoms with van der Waals surface area (Å²) in [6.45, 7) is 5.98. The number of carbonyl (C=O) groups is 2. The molecular formula is C20H21N3O2. The number of fused-ring (bicyclic) bond motifs is 1. The van der Waals surface area contributed by atoms with Gasteiger partial charge in [-0.25, -0.2) is 0 Å². The molecule has 0 atom stereocenters. The van der Waals surface area contributed by atoms with E-state index in [0.717, 1.165) is 37.4 Å². The van der Waals surface area contributed by atoms with Crippen molar-refractivity contribution < 1.29 is 9.59 Å². The lowest BCUT2D eigenvalue weighted by Crippen LogP contribution is -2.51. The van der Waals surface area contributed by atoms with Crippen LogP contribution < -0.4 is 9.80 Å². The number of hydrogen-bond acceptors (Lipinski definition) is 4. The summed E-state index contributed by atoms with van der Waals surface area (Å²) in [5, 5.41) is 0. The van der Waals surface area contributed by atoms with E-state index in [-0.39, 0.29) is 5.78 Å². The van der Waals surface area contributed by atoms with Crippen molar-refractivity contribution in [2.24, 2.45) is 0 Å². The van der Waals surface area contributed by atoms with Crippen LogP contribution in [0.4, 0.5) is 11.4 Å². The fourth-order valence-corrected chi connectivity index (χ4v) is 3.54. The van der Waals surface area contributed by atoms with Gasteiger partial charge in [0, 0.05) is 31.9 Å². The minimum atomic E-state index is -0.411. The van der Waals surface area contributed by atoms with Crippen LogP contribution in [-0.2, 0) is 4.79 Å². The summed E-state index contributed by atoms with van der Waals surface area (Å²) in [5.41, 5.74) is 3.51. The van der Waals surface area contributed by atoms with E-state index in [4.69, 9.17) is 0 Å². The molecule has 5 heteroatoms. The molecule has 1 saturated heterocycles. The summed E-state index contributed by atoms with van der Waals surface area (Å²) in [6, 6.07) is 16.0. The molecule has 4 rings (SSSR count). The van der Waals surface area contributed by atoms with Crippen LogP contribution in [-0.4, -0.2) is 49.4 Å². The number of nitrogens with zero attached hydrogens (tertiary/aromatic N) is 3. The third-order valence-electron chi connectivity index (χ3n) is 4.96. The molecular weight excluding hydrogens is 314 g/mol. The monoisotopic (exact) mass is 335 g/mol. The smallest absolute Gasteiger partial charge is 0.300 e. The van der Waals surface area contributed by atoms with Crippen molar-refractivity contribution in [3.63, 3.8) is 0 Å². The molecule has 128 valence electrons. The summed E-state index contributed by atoms with van der Waals surface area (Å²) in [5.74, 6) is -0.798. The van der Waals surface area contributed by atoms with Crippen molar-refractivity contribution in [3.05, 3.63) is 59.7 Å². The zero-order valence-corrected chi connectivity index (χ0v) is 14.3. The van der Waals surface area contributed by atoms with Crippen LogP contribution in [0.3, 0.4) is 0 Å². The van der Waals surface area contributed by atoms with Crippen LogP contribution in [0.15, 0.2) is 48.5 Å². The maximum atomic E-state index is 12.4. The van der Waals surface area contributed by atoms with E-state index in [1.54, 1.807) is 4.90 Å². The van der Waals surface area contributed by atoms with Gasteiger partial charge in [0.25, 0.3) is 5.78 Å². The quantitative estimate of drug-likeness (QED) is 0.808. The average Bonchev–Trinajstić information content (AvgIpc) is 2.88. The Labute approximate surface area is 147 Å². The molecule has 0 aliphatic carbocycles. The van der Waals surface area contributed by atoms with Gasteiger partial charge in [-0.3, -0.25) is 19.4 Å². The summed E-state index contributed by atoms with van der Waals surface area (Å²) in [4.78, 5) is 30.8. The van der Waals surface area contributed by atoms with Crippen molar-refractivity contribution >= 4 is 23.1 Å². The fourth-order valence-electron chi connectivity index (χ4n) is 3.54. The van der Waals surface area contributed by atoms with Crippen molar-refractivity contribution in [3.8, 4) is 0 Å². The number of ketones is 1. The van der Waals surface area contributed by atoms with Gasteiger partial charge in [0.1, 0.15) is 0 Å². The number of carbonyl (C=O) groups excluding carboxylic acids is 2. The zero-order chi connectivity index (χ0) is 17.4. The van der Waals surface area contributed by atoms with Crippen molar-refractivity contribution in [1.29, 1.82) is 0 Å². The van der Waals surface area contributed by atoms with E-state index in [9.17, 15) is 9.59 Å². The number of aryl methyl sites for hydroxylation is 1. The maximum Gasteiger partial charge on any atom is 0.300 e. The summed E-state index contributed by atoms with van der Waals surface area (Å²) >= 11 is 0.